The second-order valence-electron chi connectivity index (χ2n) is 7.32. The second kappa shape index (κ2) is 7.03. The van der Waals surface area contributed by atoms with E-state index >= 15 is 0 Å². The number of nitrogens with zero attached hydrogens (tertiary/aromatic N) is 3. The van der Waals surface area contributed by atoms with Crippen molar-refractivity contribution in [2.45, 2.75) is 39.4 Å². The summed E-state index contributed by atoms with van der Waals surface area (Å²) in [5.41, 5.74) is 4.94. The van der Waals surface area contributed by atoms with Crippen molar-refractivity contribution < 1.29 is 19.0 Å². The number of anilines is 1. The summed E-state index contributed by atoms with van der Waals surface area (Å²) in [6.45, 7) is 8.05. The molecule has 4 heterocycles. The van der Waals surface area contributed by atoms with Crippen LogP contribution in [0.5, 0.6) is 0 Å². The molecule has 144 valence electrons. The van der Waals surface area contributed by atoms with E-state index in [9.17, 15) is 0 Å². The first-order valence-corrected chi connectivity index (χ1v) is 9.12. The number of aromatic nitrogens is 3. The lowest BCUT2D eigenvalue weighted by Gasteiger charge is -2.32. The minimum absolute atomic E-state index is 0.0114. The molecule has 0 unspecified atom stereocenters. The lowest BCUT2D eigenvalue weighted by Crippen LogP contribution is -2.32. The average Bonchev–Trinajstić information content (AvgIpc) is 2.99. The molecule has 0 saturated heterocycles. The van der Waals surface area contributed by atoms with E-state index < -0.39 is 0 Å². The van der Waals surface area contributed by atoms with Crippen molar-refractivity contribution in [1.82, 2.24) is 15.0 Å². The highest BCUT2D eigenvalue weighted by molar-refractivity contribution is 6.06. The van der Waals surface area contributed by atoms with Crippen molar-refractivity contribution in [2.24, 2.45) is 0 Å². The van der Waals surface area contributed by atoms with E-state index in [1.807, 2.05) is 6.92 Å². The lowest BCUT2D eigenvalue weighted by atomic mass is 9.89. The summed E-state index contributed by atoms with van der Waals surface area (Å²) in [6.07, 6.45) is 2.31. The molecule has 0 saturated carbocycles. The molecule has 0 amide bonds. The van der Waals surface area contributed by atoms with E-state index in [0.717, 1.165) is 28.6 Å². The molecular weight excluding hydrogens is 348 g/mol. The highest BCUT2D eigenvalue weighted by Gasteiger charge is 2.31. The van der Waals surface area contributed by atoms with Gasteiger partial charge in [0.25, 0.3) is 0 Å². The van der Waals surface area contributed by atoms with Crippen molar-refractivity contribution in [3.05, 3.63) is 23.1 Å². The van der Waals surface area contributed by atoms with E-state index in [-0.39, 0.29) is 12.2 Å². The van der Waals surface area contributed by atoms with Crippen molar-refractivity contribution in [2.75, 3.05) is 31.7 Å². The summed E-state index contributed by atoms with van der Waals surface area (Å²) in [7, 11) is 0. The molecule has 2 N–H and O–H groups in total. The van der Waals surface area contributed by atoms with Crippen LogP contribution in [0.1, 0.15) is 30.7 Å². The van der Waals surface area contributed by atoms with Gasteiger partial charge in [0.15, 0.2) is 11.4 Å². The summed E-state index contributed by atoms with van der Waals surface area (Å²) in [5.74, 6) is 0.614. The van der Waals surface area contributed by atoms with Crippen LogP contribution in [-0.2, 0) is 22.5 Å². The number of fused-ring (bicyclic) bond motifs is 5. The van der Waals surface area contributed by atoms with E-state index in [1.54, 1.807) is 0 Å². The molecule has 3 aromatic heterocycles. The van der Waals surface area contributed by atoms with E-state index in [1.165, 1.54) is 11.9 Å². The van der Waals surface area contributed by atoms with Gasteiger partial charge in [0.1, 0.15) is 11.8 Å². The van der Waals surface area contributed by atoms with Gasteiger partial charge in [-0.05, 0) is 26.3 Å². The number of rotatable bonds is 6. The van der Waals surface area contributed by atoms with E-state index in [4.69, 9.17) is 19.0 Å². The van der Waals surface area contributed by atoms with Gasteiger partial charge in [-0.2, -0.15) is 0 Å². The Labute approximate surface area is 156 Å². The number of ether oxygens (including phenoxy) is 2. The van der Waals surface area contributed by atoms with Crippen LogP contribution in [0.4, 0.5) is 5.82 Å². The largest absolute Gasteiger partial charge is 0.432 e. The van der Waals surface area contributed by atoms with E-state index in [2.05, 4.69) is 34.1 Å². The summed E-state index contributed by atoms with van der Waals surface area (Å²) in [5, 5.41) is 12.9. The Kier molecular flexibility index (Phi) is 4.71. The van der Waals surface area contributed by atoms with Gasteiger partial charge < -0.3 is 24.3 Å². The third-order valence-electron chi connectivity index (χ3n) is 4.81. The van der Waals surface area contributed by atoms with Crippen LogP contribution in [0.25, 0.3) is 22.2 Å². The van der Waals surface area contributed by atoms with Gasteiger partial charge in [0.05, 0.1) is 37.4 Å². The molecule has 0 fully saturated rings. The molecule has 0 bridgehead atoms. The molecular formula is C19H24N4O4. The van der Waals surface area contributed by atoms with Crippen molar-refractivity contribution in [1.29, 1.82) is 0 Å². The fourth-order valence-corrected chi connectivity index (χ4v) is 3.50. The standard InChI is InChI=1S/C19H24N4O4/c1-11-13-9-26-19(2,3)8-12(13)14-15-16(27-18(14)23-11)17(22-10-21-15)20-4-6-25-7-5-24/h10,24H,4-9H2,1-3H3,(H,20,21,22). The number of aliphatic hydroxyl groups is 1. The number of nitrogens with one attached hydrogen (secondary N) is 1. The van der Waals surface area contributed by atoms with Crippen LogP contribution >= 0.6 is 0 Å². The number of furan rings is 1. The van der Waals surface area contributed by atoms with Crippen molar-refractivity contribution in [3.8, 4) is 0 Å². The van der Waals surface area contributed by atoms with Gasteiger partial charge in [-0.15, -0.1) is 0 Å². The minimum Gasteiger partial charge on any atom is -0.432 e. The maximum absolute atomic E-state index is 8.76. The van der Waals surface area contributed by atoms with Gasteiger partial charge in [-0.1, -0.05) is 0 Å². The fraction of sp³-hybridized carbons (Fsp3) is 0.526. The zero-order chi connectivity index (χ0) is 19.0. The Morgan fingerprint density at radius 2 is 2.11 bits per heavy atom. The number of aliphatic hydroxyl groups excluding tert-OH is 1. The topological polar surface area (TPSA) is 103 Å². The number of hydrogen-bond acceptors (Lipinski definition) is 8. The maximum Gasteiger partial charge on any atom is 0.229 e. The monoisotopic (exact) mass is 372 g/mol. The molecule has 27 heavy (non-hydrogen) atoms. The second-order valence-corrected chi connectivity index (χ2v) is 7.32. The van der Waals surface area contributed by atoms with Crippen LogP contribution in [0.3, 0.4) is 0 Å². The van der Waals surface area contributed by atoms with Crippen LogP contribution in [0.2, 0.25) is 0 Å². The fourth-order valence-electron chi connectivity index (χ4n) is 3.50. The molecule has 0 spiro atoms. The first-order chi connectivity index (χ1) is 13.0. The third kappa shape index (κ3) is 3.36. The summed E-state index contributed by atoms with van der Waals surface area (Å²) >= 11 is 0. The molecule has 0 radical (unpaired) electrons. The minimum atomic E-state index is -0.241. The molecule has 8 nitrogen and oxygen atoms in total. The molecule has 4 rings (SSSR count). The number of aryl methyl sites for hydroxylation is 1. The third-order valence-corrected chi connectivity index (χ3v) is 4.81. The SMILES string of the molecule is Cc1nc2oc3c(NCCOCCO)ncnc3c2c2c1COC(C)(C)C2. The Bertz CT molecular complexity index is 983. The van der Waals surface area contributed by atoms with Crippen LogP contribution < -0.4 is 5.32 Å². The highest BCUT2D eigenvalue weighted by Crippen LogP contribution is 2.39. The first-order valence-electron chi connectivity index (χ1n) is 9.12. The van der Waals surface area contributed by atoms with Gasteiger partial charge >= 0.3 is 0 Å². The predicted octanol–water partition coefficient (Wildman–Crippen LogP) is 2.35. The zero-order valence-corrected chi connectivity index (χ0v) is 15.8. The molecule has 1 aliphatic heterocycles. The lowest BCUT2D eigenvalue weighted by molar-refractivity contribution is -0.0400. The van der Waals surface area contributed by atoms with Crippen LogP contribution in [0, 0.1) is 6.92 Å². The summed E-state index contributed by atoms with van der Waals surface area (Å²) in [6, 6.07) is 0. The zero-order valence-electron chi connectivity index (χ0n) is 15.8. The molecule has 0 aromatic carbocycles. The Hall–Kier alpha value is -2.29. The van der Waals surface area contributed by atoms with Crippen LogP contribution in [-0.4, -0.2) is 52.0 Å². The van der Waals surface area contributed by atoms with Gasteiger partial charge in [-0.25, -0.2) is 15.0 Å². The van der Waals surface area contributed by atoms with Crippen molar-refractivity contribution in [3.63, 3.8) is 0 Å². The first kappa shape index (κ1) is 18.1. The normalized spacial score (nSPS) is 16.0. The molecule has 8 heteroatoms. The Balaban J connectivity index is 1.77. The predicted molar refractivity (Wildman–Crippen MR) is 101 cm³/mol. The summed E-state index contributed by atoms with van der Waals surface area (Å²) in [4.78, 5) is 13.4. The van der Waals surface area contributed by atoms with Gasteiger partial charge in [-0.3, -0.25) is 0 Å². The molecule has 3 aromatic rings. The average molecular weight is 372 g/mol. The number of hydrogen-bond donors (Lipinski definition) is 2. The van der Waals surface area contributed by atoms with Crippen LogP contribution in [0.15, 0.2) is 10.7 Å². The summed E-state index contributed by atoms with van der Waals surface area (Å²) < 4.78 is 17.3. The van der Waals surface area contributed by atoms with Crippen molar-refractivity contribution >= 4 is 28.0 Å². The van der Waals surface area contributed by atoms with Gasteiger partial charge in [0, 0.05) is 24.2 Å². The molecule has 0 aliphatic carbocycles. The highest BCUT2D eigenvalue weighted by atomic mass is 16.5. The Morgan fingerprint density at radius 3 is 2.93 bits per heavy atom. The molecule has 0 atom stereocenters. The number of pyridine rings is 1. The quantitative estimate of drug-likeness (QED) is 0.636. The Morgan fingerprint density at radius 1 is 1.26 bits per heavy atom. The maximum atomic E-state index is 8.76. The smallest absolute Gasteiger partial charge is 0.229 e. The van der Waals surface area contributed by atoms with Gasteiger partial charge in [0.2, 0.25) is 5.71 Å². The van der Waals surface area contributed by atoms with E-state index in [0.29, 0.717) is 43.5 Å². The molecule has 1 aliphatic rings.